The average Bonchev–Trinajstić information content (AvgIpc) is 3.23. The first-order valence-corrected chi connectivity index (χ1v) is 13.3. The number of anilines is 1. The van der Waals surface area contributed by atoms with E-state index in [9.17, 15) is 0 Å². The van der Waals surface area contributed by atoms with Crippen LogP contribution >= 0.6 is 0 Å². The summed E-state index contributed by atoms with van der Waals surface area (Å²) in [5.41, 5.74) is 2.67. The molecule has 2 saturated heterocycles. The van der Waals surface area contributed by atoms with E-state index in [1.54, 1.807) is 0 Å². The molecule has 0 spiro atoms. The molecule has 1 N–H and O–H groups in total. The van der Waals surface area contributed by atoms with Crippen molar-refractivity contribution in [1.29, 1.82) is 0 Å². The van der Waals surface area contributed by atoms with Crippen molar-refractivity contribution in [3.05, 3.63) is 59.9 Å². The minimum Gasteiger partial charge on any atom is -0.463 e. The maximum absolute atomic E-state index is 16.5. The second-order valence-electron chi connectivity index (χ2n) is 10.7. The first-order chi connectivity index (χ1) is 18.0. The van der Waals surface area contributed by atoms with Gasteiger partial charge in [0.25, 0.3) is 0 Å². The number of halogens is 1. The van der Waals surface area contributed by atoms with Crippen LogP contribution < -0.4 is 15.0 Å². The molecule has 37 heavy (non-hydrogen) atoms. The standard InChI is InChI=1S/C30H34FN5O/c1-19-16-25-28(27(31)26(19)24-11-6-9-20-8-4-5-10-23(20)24)33-30(37-15-7-14-35(2)3)34-29(25)36-17-21-12-13-22(18-36)32-21/h4-6,8-11,16,21-22,32H,7,12-15,17-18H2,1-3H3/t21-,22+. The molecular weight excluding hydrogens is 465 g/mol. The molecule has 3 aromatic carbocycles. The van der Waals surface area contributed by atoms with Crippen LogP contribution in [-0.2, 0) is 0 Å². The van der Waals surface area contributed by atoms with Crippen molar-refractivity contribution in [2.24, 2.45) is 0 Å². The monoisotopic (exact) mass is 499 g/mol. The van der Waals surface area contributed by atoms with Crippen molar-refractivity contribution in [1.82, 2.24) is 20.2 Å². The largest absolute Gasteiger partial charge is 0.463 e. The van der Waals surface area contributed by atoms with Gasteiger partial charge in [-0.25, -0.2) is 4.39 Å². The van der Waals surface area contributed by atoms with E-state index in [-0.39, 0.29) is 11.8 Å². The Morgan fingerprint density at radius 3 is 2.57 bits per heavy atom. The van der Waals surface area contributed by atoms with Crippen molar-refractivity contribution in [3.63, 3.8) is 0 Å². The summed E-state index contributed by atoms with van der Waals surface area (Å²) in [5.74, 6) is 0.462. The lowest BCUT2D eigenvalue weighted by atomic mass is 9.93. The Labute approximate surface area is 217 Å². The van der Waals surface area contributed by atoms with E-state index >= 15 is 4.39 Å². The van der Waals surface area contributed by atoms with Crippen LogP contribution in [0.4, 0.5) is 10.2 Å². The number of hydrogen-bond acceptors (Lipinski definition) is 6. The van der Waals surface area contributed by atoms with Gasteiger partial charge in [-0.15, -0.1) is 0 Å². The molecule has 6 nitrogen and oxygen atoms in total. The number of hydrogen-bond donors (Lipinski definition) is 1. The fourth-order valence-electron chi connectivity index (χ4n) is 5.91. The molecule has 0 amide bonds. The van der Waals surface area contributed by atoms with Gasteiger partial charge in [-0.05, 0) is 68.2 Å². The van der Waals surface area contributed by atoms with Gasteiger partial charge in [-0.1, -0.05) is 42.5 Å². The smallest absolute Gasteiger partial charge is 0.319 e. The highest BCUT2D eigenvalue weighted by atomic mass is 19.1. The van der Waals surface area contributed by atoms with Crippen LogP contribution in [0, 0.1) is 12.7 Å². The molecule has 2 atom stereocenters. The maximum atomic E-state index is 16.5. The molecule has 0 aliphatic carbocycles. The molecule has 3 heterocycles. The molecule has 7 heteroatoms. The summed E-state index contributed by atoms with van der Waals surface area (Å²) in [4.78, 5) is 13.9. The Morgan fingerprint density at radius 1 is 1.03 bits per heavy atom. The molecule has 0 saturated carbocycles. The van der Waals surface area contributed by atoms with Crippen LogP contribution in [-0.4, -0.2) is 67.3 Å². The summed E-state index contributed by atoms with van der Waals surface area (Å²) >= 11 is 0. The van der Waals surface area contributed by atoms with Gasteiger partial charge in [0.1, 0.15) is 11.3 Å². The highest BCUT2D eigenvalue weighted by molar-refractivity contribution is 6.01. The molecule has 2 bridgehead atoms. The van der Waals surface area contributed by atoms with Gasteiger partial charge in [0.05, 0.1) is 6.61 Å². The number of aryl methyl sites for hydroxylation is 1. The SMILES string of the molecule is Cc1cc2c(N3C[C@H]4CC[C@@H](C3)N4)nc(OCCCN(C)C)nc2c(F)c1-c1cccc2ccccc12. The van der Waals surface area contributed by atoms with E-state index in [0.717, 1.165) is 72.0 Å². The fraction of sp³-hybridized carbons (Fsp3) is 0.400. The molecule has 0 unspecified atom stereocenters. The highest BCUT2D eigenvalue weighted by Gasteiger charge is 2.34. The number of fused-ring (bicyclic) bond motifs is 4. The Bertz CT molecular complexity index is 1440. The molecule has 2 aliphatic heterocycles. The van der Waals surface area contributed by atoms with E-state index in [1.165, 1.54) is 0 Å². The molecule has 4 aromatic rings. The Hall–Kier alpha value is -3.29. The topological polar surface area (TPSA) is 53.5 Å². The van der Waals surface area contributed by atoms with Crippen molar-refractivity contribution in [2.45, 2.75) is 38.3 Å². The van der Waals surface area contributed by atoms with Crippen LogP contribution in [0.25, 0.3) is 32.8 Å². The summed E-state index contributed by atoms with van der Waals surface area (Å²) in [6, 6.07) is 17.4. The van der Waals surface area contributed by atoms with Crippen LogP contribution in [0.15, 0.2) is 48.5 Å². The lowest BCUT2D eigenvalue weighted by molar-refractivity contribution is 0.264. The highest BCUT2D eigenvalue weighted by Crippen LogP contribution is 2.39. The minimum atomic E-state index is -0.314. The second-order valence-corrected chi connectivity index (χ2v) is 10.7. The van der Waals surface area contributed by atoms with E-state index in [4.69, 9.17) is 9.72 Å². The Kier molecular flexibility index (Phi) is 6.42. The van der Waals surface area contributed by atoms with Gasteiger partial charge in [0.15, 0.2) is 5.82 Å². The van der Waals surface area contributed by atoms with Gasteiger partial charge >= 0.3 is 6.01 Å². The Balaban J connectivity index is 1.49. The zero-order valence-electron chi connectivity index (χ0n) is 21.8. The normalized spacial score (nSPS) is 19.3. The minimum absolute atomic E-state index is 0.249. The number of ether oxygens (including phenoxy) is 1. The molecule has 2 fully saturated rings. The third-order valence-corrected chi connectivity index (χ3v) is 7.64. The predicted molar refractivity (Wildman–Crippen MR) is 148 cm³/mol. The van der Waals surface area contributed by atoms with Crippen LogP contribution in [0.5, 0.6) is 6.01 Å². The van der Waals surface area contributed by atoms with Crippen LogP contribution in [0.1, 0.15) is 24.8 Å². The molecule has 1 aromatic heterocycles. The molecular formula is C30H34FN5O. The van der Waals surface area contributed by atoms with E-state index < -0.39 is 0 Å². The lowest BCUT2D eigenvalue weighted by Crippen LogP contribution is -2.51. The van der Waals surface area contributed by atoms with Crippen LogP contribution in [0.3, 0.4) is 0 Å². The van der Waals surface area contributed by atoms with Crippen molar-refractivity contribution in [2.75, 3.05) is 45.2 Å². The lowest BCUT2D eigenvalue weighted by Gasteiger charge is -2.34. The van der Waals surface area contributed by atoms with Crippen molar-refractivity contribution in [3.8, 4) is 17.1 Å². The first-order valence-electron chi connectivity index (χ1n) is 13.3. The van der Waals surface area contributed by atoms with Gasteiger partial charge in [-0.3, -0.25) is 0 Å². The summed E-state index contributed by atoms with van der Waals surface area (Å²) < 4.78 is 22.6. The average molecular weight is 500 g/mol. The predicted octanol–water partition coefficient (Wildman–Crippen LogP) is 5.17. The van der Waals surface area contributed by atoms with Gasteiger partial charge in [0.2, 0.25) is 0 Å². The molecule has 0 radical (unpaired) electrons. The summed E-state index contributed by atoms with van der Waals surface area (Å²) in [5, 5.41) is 6.55. The van der Waals surface area contributed by atoms with Gasteiger partial charge in [0, 0.05) is 42.7 Å². The number of nitrogens with zero attached hydrogens (tertiary/aromatic N) is 4. The third kappa shape index (κ3) is 4.62. The van der Waals surface area contributed by atoms with E-state index in [0.29, 0.717) is 29.8 Å². The quantitative estimate of drug-likeness (QED) is 0.354. The number of benzene rings is 3. The van der Waals surface area contributed by atoms with Gasteiger partial charge in [-0.2, -0.15) is 9.97 Å². The molecule has 6 rings (SSSR count). The first kappa shape index (κ1) is 24.1. The summed E-state index contributed by atoms with van der Waals surface area (Å²) in [7, 11) is 4.08. The molecule has 2 aliphatic rings. The second kappa shape index (κ2) is 9.88. The number of piperazine rings is 1. The third-order valence-electron chi connectivity index (χ3n) is 7.64. The number of rotatable bonds is 7. The molecule has 192 valence electrons. The van der Waals surface area contributed by atoms with Gasteiger partial charge < -0.3 is 19.9 Å². The zero-order valence-corrected chi connectivity index (χ0v) is 21.8. The summed E-state index contributed by atoms with van der Waals surface area (Å²) in [6.45, 7) is 5.08. The van der Waals surface area contributed by atoms with Crippen molar-refractivity contribution >= 4 is 27.5 Å². The summed E-state index contributed by atoms with van der Waals surface area (Å²) in [6.07, 6.45) is 3.17. The number of aromatic nitrogens is 2. The fourth-order valence-corrected chi connectivity index (χ4v) is 5.91. The maximum Gasteiger partial charge on any atom is 0.319 e. The van der Waals surface area contributed by atoms with Crippen molar-refractivity contribution < 1.29 is 9.13 Å². The Morgan fingerprint density at radius 2 is 1.78 bits per heavy atom. The number of nitrogens with one attached hydrogen (secondary N) is 1. The van der Waals surface area contributed by atoms with Crippen LogP contribution in [0.2, 0.25) is 0 Å². The zero-order chi connectivity index (χ0) is 25.5. The van der Waals surface area contributed by atoms with E-state index in [2.05, 4.69) is 44.4 Å². The van der Waals surface area contributed by atoms with E-state index in [1.807, 2.05) is 45.3 Å².